The number of rotatable bonds is 3. The van der Waals surface area contributed by atoms with Crippen LogP contribution in [0.15, 0.2) is 30.5 Å². The van der Waals surface area contributed by atoms with Gasteiger partial charge in [-0.05, 0) is 30.7 Å². The van der Waals surface area contributed by atoms with Crippen LogP contribution in [0.2, 0.25) is 10.0 Å². The molecule has 0 saturated carbocycles. The highest BCUT2D eigenvalue weighted by molar-refractivity contribution is 6.36. The Hall–Kier alpha value is -2.72. The van der Waals surface area contributed by atoms with Crippen molar-refractivity contribution in [1.82, 2.24) is 19.9 Å². The Morgan fingerprint density at radius 3 is 2.77 bits per heavy atom. The molecule has 12 heteroatoms. The number of carbonyl (C=O) groups excluding carboxylic acids is 1. The lowest BCUT2D eigenvalue weighted by Gasteiger charge is -2.18. The molecule has 3 heterocycles. The summed E-state index contributed by atoms with van der Waals surface area (Å²) in [5, 5.41) is 17.0. The summed E-state index contributed by atoms with van der Waals surface area (Å²) >= 11 is 11.7. The Labute approximate surface area is 178 Å². The third-order valence-corrected chi connectivity index (χ3v) is 5.27. The van der Waals surface area contributed by atoms with Gasteiger partial charge in [-0.2, -0.15) is 13.2 Å². The van der Waals surface area contributed by atoms with Gasteiger partial charge in [-0.1, -0.05) is 23.2 Å². The molecule has 4 rings (SSSR count). The number of alkyl halides is 3. The largest absolute Gasteiger partial charge is 0.506 e. The van der Waals surface area contributed by atoms with Gasteiger partial charge in [-0.15, -0.1) is 5.10 Å². The van der Waals surface area contributed by atoms with E-state index in [1.54, 1.807) is 11.0 Å². The van der Waals surface area contributed by atoms with Crippen LogP contribution in [0.5, 0.6) is 5.75 Å². The van der Waals surface area contributed by atoms with Crippen LogP contribution in [0.4, 0.5) is 19.0 Å². The van der Waals surface area contributed by atoms with Crippen molar-refractivity contribution in [1.29, 1.82) is 0 Å². The van der Waals surface area contributed by atoms with E-state index in [9.17, 15) is 23.1 Å². The van der Waals surface area contributed by atoms with Gasteiger partial charge in [-0.25, -0.2) is 9.50 Å². The molecular weight excluding hydrogens is 446 g/mol. The number of nitrogens with zero attached hydrogens (tertiary/aromatic N) is 4. The molecule has 0 unspecified atom stereocenters. The summed E-state index contributed by atoms with van der Waals surface area (Å²) in [7, 11) is 0. The van der Waals surface area contributed by atoms with Gasteiger partial charge in [-0.3, -0.25) is 4.79 Å². The second-order valence-electron chi connectivity index (χ2n) is 6.79. The number of phenols is 1. The molecular formula is C18H14Cl2F3N5O2. The van der Waals surface area contributed by atoms with Crippen molar-refractivity contribution < 1.29 is 23.1 Å². The molecule has 1 fully saturated rings. The zero-order valence-corrected chi connectivity index (χ0v) is 16.6. The summed E-state index contributed by atoms with van der Waals surface area (Å²) in [6.45, 7) is 0.803. The molecule has 2 N–H and O–H groups in total. The van der Waals surface area contributed by atoms with Crippen LogP contribution in [-0.4, -0.2) is 44.7 Å². The number of hydrogen-bond acceptors (Lipinski definition) is 5. The van der Waals surface area contributed by atoms with Gasteiger partial charge < -0.3 is 15.3 Å². The average Bonchev–Trinajstić information content (AvgIpc) is 3.30. The maximum absolute atomic E-state index is 13.1. The fourth-order valence-electron chi connectivity index (χ4n) is 3.31. The van der Waals surface area contributed by atoms with Gasteiger partial charge in [0.1, 0.15) is 11.6 Å². The van der Waals surface area contributed by atoms with E-state index in [-0.39, 0.29) is 33.0 Å². The van der Waals surface area contributed by atoms with E-state index in [1.165, 1.54) is 18.2 Å². The first-order valence-corrected chi connectivity index (χ1v) is 9.55. The molecule has 1 saturated heterocycles. The molecule has 3 aromatic rings. The monoisotopic (exact) mass is 459 g/mol. The average molecular weight is 460 g/mol. The molecule has 0 spiro atoms. The predicted octanol–water partition coefficient (Wildman–Crippen LogP) is 3.77. The first-order chi connectivity index (χ1) is 14.1. The van der Waals surface area contributed by atoms with Crippen LogP contribution in [0.1, 0.15) is 22.5 Å². The van der Waals surface area contributed by atoms with Gasteiger partial charge in [0.2, 0.25) is 0 Å². The third kappa shape index (κ3) is 3.84. The van der Waals surface area contributed by atoms with Gasteiger partial charge in [0.25, 0.3) is 5.91 Å². The standard InChI is InChI=1S/C18H14Cl2F3N5O2/c19-9-5-11(16(29)12(20)6-9)17(30)25-10-3-4-27(8-10)15-2-1-14-24-7-13(18(21,22)23)28(14)26-15/h1-2,5-7,10,29H,3-4,8H2,(H,25,30)/t10-/m0/s1. The minimum absolute atomic E-state index is 0.0426. The zero-order chi connectivity index (χ0) is 21.6. The molecule has 1 atom stereocenters. The zero-order valence-electron chi connectivity index (χ0n) is 15.1. The number of imidazole rings is 1. The molecule has 1 amide bonds. The van der Waals surface area contributed by atoms with Crippen molar-refractivity contribution in [3.63, 3.8) is 0 Å². The molecule has 7 nitrogen and oxygen atoms in total. The van der Waals surface area contributed by atoms with E-state index in [0.29, 0.717) is 25.3 Å². The van der Waals surface area contributed by atoms with Crippen molar-refractivity contribution in [2.24, 2.45) is 0 Å². The number of fused-ring (bicyclic) bond motifs is 1. The van der Waals surface area contributed by atoms with Crippen LogP contribution in [0.3, 0.4) is 0 Å². The molecule has 0 radical (unpaired) electrons. The summed E-state index contributed by atoms with van der Waals surface area (Å²) in [5.41, 5.74) is -0.932. The Balaban J connectivity index is 1.50. The third-order valence-electron chi connectivity index (χ3n) is 4.76. The molecule has 0 aliphatic carbocycles. The second-order valence-corrected chi connectivity index (χ2v) is 7.64. The summed E-state index contributed by atoms with van der Waals surface area (Å²) in [5.74, 6) is -0.599. The number of phenolic OH excluding ortho intramolecular Hbond substituents is 1. The Kier molecular flexibility index (Phi) is 5.15. The van der Waals surface area contributed by atoms with Crippen LogP contribution in [0, 0.1) is 0 Å². The summed E-state index contributed by atoms with van der Waals surface area (Å²) in [4.78, 5) is 18.0. The highest BCUT2D eigenvalue weighted by atomic mass is 35.5. The summed E-state index contributed by atoms with van der Waals surface area (Å²) in [6.07, 6.45) is -3.30. The van der Waals surface area contributed by atoms with Crippen molar-refractivity contribution >= 4 is 40.6 Å². The van der Waals surface area contributed by atoms with Gasteiger partial charge in [0.15, 0.2) is 11.3 Å². The number of nitrogens with one attached hydrogen (secondary N) is 1. The molecule has 30 heavy (non-hydrogen) atoms. The molecule has 0 bridgehead atoms. The molecule has 1 aliphatic heterocycles. The van der Waals surface area contributed by atoms with E-state index in [4.69, 9.17) is 23.2 Å². The van der Waals surface area contributed by atoms with Gasteiger partial charge in [0, 0.05) is 24.2 Å². The quantitative estimate of drug-likeness (QED) is 0.622. The Morgan fingerprint density at radius 2 is 2.03 bits per heavy atom. The van der Waals surface area contributed by atoms with Crippen molar-refractivity contribution in [2.75, 3.05) is 18.0 Å². The summed E-state index contributed by atoms with van der Waals surface area (Å²) in [6, 6.07) is 5.35. The first kappa shape index (κ1) is 20.5. The van der Waals surface area contributed by atoms with Crippen LogP contribution in [-0.2, 0) is 6.18 Å². The fourth-order valence-corrected chi connectivity index (χ4v) is 3.81. The normalized spacial score (nSPS) is 17.0. The number of hydrogen-bond donors (Lipinski definition) is 2. The minimum Gasteiger partial charge on any atom is -0.506 e. The predicted molar refractivity (Wildman–Crippen MR) is 104 cm³/mol. The van der Waals surface area contributed by atoms with E-state index in [0.717, 1.165) is 10.7 Å². The SMILES string of the molecule is O=C(N[C@H]1CCN(c2ccc3ncc(C(F)(F)F)n3n2)C1)c1cc(Cl)cc(Cl)c1O. The molecule has 158 valence electrons. The highest BCUT2D eigenvalue weighted by Gasteiger charge is 2.35. The lowest BCUT2D eigenvalue weighted by Crippen LogP contribution is -2.37. The topological polar surface area (TPSA) is 82.8 Å². The van der Waals surface area contributed by atoms with Crippen LogP contribution >= 0.6 is 23.2 Å². The second kappa shape index (κ2) is 7.51. The Bertz CT molecular complexity index is 1130. The first-order valence-electron chi connectivity index (χ1n) is 8.79. The number of anilines is 1. The Morgan fingerprint density at radius 1 is 1.27 bits per heavy atom. The number of halogens is 5. The molecule has 2 aromatic heterocycles. The maximum Gasteiger partial charge on any atom is 0.435 e. The lowest BCUT2D eigenvalue weighted by molar-refractivity contribution is -0.142. The number of aromatic nitrogens is 3. The van der Waals surface area contributed by atoms with E-state index in [2.05, 4.69) is 15.4 Å². The smallest absolute Gasteiger partial charge is 0.435 e. The fraction of sp³-hybridized carbons (Fsp3) is 0.278. The van der Waals surface area contributed by atoms with Crippen molar-refractivity contribution in [2.45, 2.75) is 18.6 Å². The van der Waals surface area contributed by atoms with Crippen LogP contribution < -0.4 is 10.2 Å². The number of carbonyl (C=O) groups is 1. The van der Waals surface area contributed by atoms with Crippen molar-refractivity contribution in [3.05, 3.63) is 51.8 Å². The number of amides is 1. The van der Waals surface area contributed by atoms with E-state index in [1.807, 2.05) is 0 Å². The van der Waals surface area contributed by atoms with E-state index < -0.39 is 17.8 Å². The highest BCUT2D eigenvalue weighted by Crippen LogP contribution is 2.32. The van der Waals surface area contributed by atoms with Crippen LogP contribution in [0.25, 0.3) is 5.65 Å². The van der Waals surface area contributed by atoms with E-state index >= 15 is 0 Å². The number of aromatic hydroxyl groups is 1. The minimum atomic E-state index is -4.58. The van der Waals surface area contributed by atoms with Crippen molar-refractivity contribution in [3.8, 4) is 5.75 Å². The molecule has 1 aromatic carbocycles. The maximum atomic E-state index is 13.1. The summed E-state index contributed by atoms with van der Waals surface area (Å²) < 4.78 is 40.1. The number of benzene rings is 1. The molecule has 1 aliphatic rings. The van der Waals surface area contributed by atoms with Gasteiger partial charge in [0.05, 0.1) is 16.8 Å². The van der Waals surface area contributed by atoms with Gasteiger partial charge >= 0.3 is 6.18 Å². The lowest BCUT2D eigenvalue weighted by atomic mass is 10.1.